The van der Waals surface area contributed by atoms with Crippen LogP contribution in [0, 0.1) is 5.92 Å². The Morgan fingerprint density at radius 2 is 1.83 bits per heavy atom. The molecule has 3 nitrogen and oxygen atoms in total. The van der Waals surface area contributed by atoms with E-state index in [2.05, 4.69) is 16.7 Å². The lowest BCUT2D eigenvalue weighted by Gasteiger charge is -2.46. The molecule has 3 heteroatoms. The molecule has 3 aliphatic heterocycles. The van der Waals surface area contributed by atoms with Crippen molar-refractivity contribution < 1.29 is 0 Å². The molecule has 3 fully saturated rings. The first kappa shape index (κ1) is 12.9. The molecular formula is C15H29N3. The second kappa shape index (κ2) is 5.48. The van der Waals surface area contributed by atoms with E-state index in [9.17, 15) is 0 Å². The topological polar surface area (TPSA) is 32.5 Å². The van der Waals surface area contributed by atoms with Gasteiger partial charge in [0.2, 0.25) is 0 Å². The van der Waals surface area contributed by atoms with E-state index in [0.717, 1.165) is 24.5 Å². The summed E-state index contributed by atoms with van der Waals surface area (Å²) in [5.74, 6) is 0.793. The van der Waals surface area contributed by atoms with Gasteiger partial charge in [0, 0.05) is 31.2 Å². The number of nitrogens with zero attached hydrogens (tertiary/aromatic N) is 2. The molecule has 3 heterocycles. The molecule has 2 N–H and O–H groups in total. The van der Waals surface area contributed by atoms with E-state index in [1.807, 2.05) is 0 Å². The van der Waals surface area contributed by atoms with E-state index in [-0.39, 0.29) is 0 Å². The molecule has 0 bridgehead atoms. The van der Waals surface area contributed by atoms with Gasteiger partial charge in [0.25, 0.3) is 0 Å². The van der Waals surface area contributed by atoms with Crippen LogP contribution in [0.1, 0.15) is 45.4 Å². The van der Waals surface area contributed by atoms with E-state index < -0.39 is 0 Å². The third-order valence-corrected chi connectivity index (χ3v) is 5.65. The highest BCUT2D eigenvalue weighted by atomic mass is 15.3. The van der Waals surface area contributed by atoms with Crippen LogP contribution in [0.4, 0.5) is 0 Å². The van der Waals surface area contributed by atoms with Crippen molar-refractivity contribution in [3.8, 4) is 0 Å². The Kier molecular flexibility index (Phi) is 3.92. The van der Waals surface area contributed by atoms with Crippen molar-refractivity contribution in [2.24, 2.45) is 11.7 Å². The average Bonchev–Trinajstić information content (AvgIpc) is 2.82. The second-order valence-electron chi connectivity index (χ2n) is 6.62. The highest BCUT2D eigenvalue weighted by Gasteiger charge is 2.42. The first-order valence-corrected chi connectivity index (χ1v) is 8.01. The van der Waals surface area contributed by atoms with Crippen LogP contribution < -0.4 is 5.73 Å². The van der Waals surface area contributed by atoms with Crippen molar-refractivity contribution in [3.05, 3.63) is 0 Å². The molecular weight excluding hydrogens is 222 g/mol. The van der Waals surface area contributed by atoms with E-state index >= 15 is 0 Å². The van der Waals surface area contributed by atoms with Gasteiger partial charge in [-0.15, -0.1) is 0 Å². The van der Waals surface area contributed by atoms with E-state index in [4.69, 9.17) is 5.73 Å². The van der Waals surface area contributed by atoms with Crippen LogP contribution in [0.5, 0.6) is 0 Å². The lowest BCUT2D eigenvalue weighted by Crippen LogP contribution is -2.57. The van der Waals surface area contributed by atoms with Crippen LogP contribution >= 0.6 is 0 Å². The summed E-state index contributed by atoms with van der Waals surface area (Å²) in [6.07, 6.45) is 8.41. The van der Waals surface area contributed by atoms with Gasteiger partial charge in [-0.3, -0.25) is 9.80 Å². The lowest BCUT2D eigenvalue weighted by atomic mass is 9.87. The number of rotatable bonds is 2. The van der Waals surface area contributed by atoms with Crippen molar-refractivity contribution in [2.45, 2.75) is 63.6 Å². The fraction of sp³-hybridized carbons (Fsp3) is 1.00. The van der Waals surface area contributed by atoms with Crippen LogP contribution in [0.3, 0.4) is 0 Å². The van der Waals surface area contributed by atoms with Crippen LogP contribution in [-0.4, -0.2) is 54.1 Å². The summed E-state index contributed by atoms with van der Waals surface area (Å²) in [7, 11) is 0. The summed E-state index contributed by atoms with van der Waals surface area (Å²) in [5.41, 5.74) is 6.06. The zero-order valence-electron chi connectivity index (χ0n) is 11.9. The molecule has 0 amide bonds. The van der Waals surface area contributed by atoms with E-state index in [0.29, 0.717) is 6.04 Å². The zero-order valence-corrected chi connectivity index (χ0v) is 11.9. The minimum Gasteiger partial charge on any atom is -0.329 e. The van der Waals surface area contributed by atoms with Gasteiger partial charge >= 0.3 is 0 Å². The Morgan fingerprint density at radius 3 is 2.67 bits per heavy atom. The van der Waals surface area contributed by atoms with Gasteiger partial charge in [0.1, 0.15) is 0 Å². The molecule has 3 rings (SSSR count). The van der Waals surface area contributed by atoms with Crippen molar-refractivity contribution in [1.29, 1.82) is 0 Å². The smallest absolute Gasteiger partial charge is 0.0267 e. The largest absolute Gasteiger partial charge is 0.329 e. The Morgan fingerprint density at radius 1 is 0.944 bits per heavy atom. The SMILES string of the molecule is CC1CCCN(C2CCN3CCCCC23)C1CN. The Bertz CT molecular complexity index is 281. The quantitative estimate of drug-likeness (QED) is 0.810. The maximum atomic E-state index is 6.06. The number of fused-ring (bicyclic) bond motifs is 1. The predicted molar refractivity (Wildman–Crippen MR) is 75.6 cm³/mol. The molecule has 0 radical (unpaired) electrons. The Balaban J connectivity index is 1.72. The molecule has 0 saturated carbocycles. The number of hydrogen-bond acceptors (Lipinski definition) is 3. The molecule has 0 aromatic heterocycles. The summed E-state index contributed by atoms with van der Waals surface area (Å²) in [5, 5.41) is 0. The van der Waals surface area contributed by atoms with E-state index in [1.54, 1.807) is 0 Å². The first-order chi connectivity index (χ1) is 8.81. The number of piperidine rings is 2. The molecule has 4 atom stereocenters. The summed E-state index contributed by atoms with van der Waals surface area (Å²) < 4.78 is 0. The molecule has 4 unspecified atom stereocenters. The number of likely N-dealkylation sites (tertiary alicyclic amines) is 1. The maximum Gasteiger partial charge on any atom is 0.0267 e. The highest BCUT2D eigenvalue weighted by molar-refractivity contribution is 4.99. The van der Waals surface area contributed by atoms with E-state index in [1.165, 1.54) is 58.2 Å². The molecule has 104 valence electrons. The standard InChI is InChI=1S/C15H29N3/c1-12-5-4-9-18(15(12)11-16)14-7-10-17-8-3-2-6-13(14)17/h12-15H,2-11,16H2,1H3. The first-order valence-electron chi connectivity index (χ1n) is 8.01. The van der Waals surface area contributed by atoms with Crippen molar-refractivity contribution in [2.75, 3.05) is 26.2 Å². The van der Waals surface area contributed by atoms with Crippen molar-refractivity contribution in [1.82, 2.24) is 9.80 Å². The second-order valence-corrected chi connectivity index (χ2v) is 6.62. The molecule has 0 aliphatic carbocycles. The summed E-state index contributed by atoms with van der Waals surface area (Å²) in [6.45, 7) is 7.22. The maximum absolute atomic E-state index is 6.06. The van der Waals surface area contributed by atoms with Gasteiger partial charge in [-0.05, 0) is 51.1 Å². The summed E-state index contributed by atoms with van der Waals surface area (Å²) in [6, 6.07) is 2.30. The molecule has 0 aromatic rings. The van der Waals surface area contributed by atoms with Crippen LogP contribution in [-0.2, 0) is 0 Å². The number of hydrogen-bond donors (Lipinski definition) is 1. The number of nitrogens with two attached hydrogens (primary N) is 1. The molecule has 3 saturated heterocycles. The molecule has 18 heavy (non-hydrogen) atoms. The Hall–Kier alpha value is -0.120. The monoisotopic (exact) mass is 251 g/mol. The predicted octanol–water partition coefficient (Wildman–Crippen LogP) is 1.67. The molecule has 3 aliphatic rings. The lowest BCUT2D eigenvalue weighted by molar-refractivity contribution is 0.0352. The van der Waals surface area contributed by atoms with Crippen molar-refractivity contribution >= 4 is 0 Å². The highest BCUT2D eigenvalue weighted by Crippen LogP contribution is 2.34. The molecule has 0 aromatic carbocycles. The van der Waals surface area contributed by atoms with Gasteiger partial charge in [0.15, 0.2) is 0 Å². The zero-order chi connectivity index (χ0) is 12.5. The molecule has 0 spiro atoms. The van der Waals surface area contributed by atoms with Crippen LogP contribution in [0.15, 0.2) is 0 Å². The van der Waals surface area contributed by atoms with Crippen LogP contribution in [0.2, 0.25) is 0 Å². The summed E-state index contributed by atoms with van der Waals surface area (Å²) in [4.78, 5) is 5.55. The van der Waals surface area contributed by atoms with Gasteiger partial charge in [-0.25, -0.2) is 0 Å². The third kappa shape index (κ3) is 2.21. The minimum atomic E-state index is 0.644. The normalized spacial score (nSPS) is 43.0. The van der Waals surface area contributed by atoms with Gasteiger partial charge in [-0.1, -0.05) is 13.3 Å². The van der Waals surface area contributed by atoms with Gasteiger partial charge < -0.3 is 5.73 Å². The average molecular weight is 251 g/mol. The van der Waals surface area contributed by atoms with Crippen LogP contribution in [0.25, 0.3) is 0 Å². The third-order valence-electron chi connectivity index (χ3n) is 5.65. The fourth-order valence-electron chi connectivity index (χ4n) is 4.67. The van der Waals surface area contributed by atoms with Gasteiger partial charge in [-0.2, -0.15) is 0 Å². The summed E-state index contributed by atoms with van der Waals surface area (Å²) >= 11 is 0. The van der Waals surface area contributed by atoms with Crippen molar-refractivity contribution in [3.63, 3.8) is 0 Å². The Labute approximate surface area is 112 Å². The van der Waals surface area contributed by atoms with Gasteiger partial charge in [0.05, 0.1) is 0 Å². The fourth-order valence-corrected chi connectivity index (χ4v) is 4.67. The minimum absolute atomic E-state index is 0.644.